The average molecular weight is 565 g/mol. The molecule has 216 valence electrons. The third kappa shape index (κ3) is 8.37. The Bertz CT molecular complexity index is 1320. The molecule has 3 rings (SSSR count). The van der Waals surface area contributed by atoms with E-state index in [1.54, 1.807) is 81.4 Å². The summed E-state index contributed by atoms with van der Waals surface area (Å²) in [6.07, 6.45) is -3.72. The molecule has 0 aliphatic rings. The summed E-state index contributed by atoms with van der Waals surface area (Å²) in [5.74, 6) is -3.76. The summed E-state index contributed by atoms with van der Waals surface area (Å²) >= 11 is 0. The van der Waals surface area contributed by atoms with E-state index in [1.165, 1.54) is 24.3 Å². The summed E-state index contributed by atoms with van der Waals surface area (Å²) in [5, 5.41) is 20.9. The van der Waals surface area contributed by atoms with Gasteiger partial charge in [-0.2, -0.15) is 0 Å². The maximum Gasteiger partial charge on any atom is 0.411 e. The highest BCUT2D eigenvalue weighted by Gasteiger charge is 2.49. The molecule has 0 heterocycles. The predicted octanol–water partition coefficient (Wildman–Crippen LogP) is 3.73. The van der Waals surface area contributed by atoms with Gasteiger partial charge in [0.2, 0.25) is 5.54 Å². The molecule has 0 unspecified atom stereocenters. The number of rotatable bonds is 10. The summed E-state index contributed by atoms with van der Waals surface area (Å²) in [5.41, 5.74) is 4.25. The molecule has 0 aliphatic heterocycles. The van der Waals surface area contributed by atoms with Crippen LogP contribution in [-0.4, -0.2) is 52.0 Å². The van der Waals surface area contributed by atoms with Gasteiger partial charge < -0.3 is 30.2 Å². The summed E-state index contributed by atoms with van der Waals surface area (Å²) in [6, 6.07) is 23.0. The first-order valence-corrected chi connectivity index (χ1v) is 12.6. The van der Waals surface area contributed by atoms with Crippen LogP contribution in [0.1, 0.15) is 49.7 Å². The molecule has 2 atom stereocenters. The summed E-state index contributed by atoms with van der Waals surface area (Å²) < 4.78 is 16.3. The van der Waals surface area contributed by atoms with Crippen molar-refractivity contribution in [3.8, 4) is 0 Å². The lowest BCUT2D eigenvalue weighted by molar-refractivity contribution is -0.175. The maximum atomic E-state index is 13.5. The van der Waals surface area contributed by atoms with Gasteiger partial charge in [-0.15, -0.1) is 0 Å². The zero-order chi connectivity index (χ0) is 30.2. The molecular weight excluding hydrogens is 532 g/mol. The number of benzene rings is 3. The molecule has 0 aromatic heterocycles. The lowest BCUT2D eigenvalue weighted by Gasteiger charge is -2.30. The number of carbonyl (C=O) groups excluding carboxylic acids is 3. The van der Waals surface area contributed by atoms with Crippen LogP contribution in [-0.2, 0) is 28.6 Å². The molecule has 0 radical (unpaired) electrons. The number of aliphatic carboxylic acids is 1. The van der Waals surface area contributed by atoms with Crippen molar-refractivity contribution in [3.63, 3.8) is 0 Å². The maximum absolute atomic E-state index is 13.5. The van der Waals surface area contributed by atoms with Crippen molar-refractivity contribution >= 4 is 29.7 Å². The number of aliphatic hydroxyl groups is 1. The molecular formula is C30H32N2O9. The highest BCUT2D eigenvalue weighted by Crippen LogP contribution is 2.28. The number of hydrogen-bond donors (Lipinski definition) is 4. The molecule has 0 bridgehead atoms. The number of carboxylic acid groups (broad SMARTS) is 1. The number of nitrogens with two attached hydrogens (primary N) is 1. The van der Waals surface area contributed by atoms with Crippen molar-refractivity contribution in [2.24, 2.45) is 5.73 Å². The fourth-order valence-electron chi connectivity index (χ4n) is 3.59. The first-order valence-electron chi connectivity index (χ1n) is 12.6. The second-order valence-electron chi connectivity index (χ2n) is 10.1. The lowest BCUT2D eigenvalue weighted by atomic mass is 9.99. The van der Waals surface area contributed by atoms with E-state index in [0.717, 1.165) is 0 Å². The Hall–Kier alpha value is -4.74. The Balaban J connectivity index is 1.81. The molecule has 11 nitrogen and oxygen atoms in total. The average Bonchev–Trinajstić information content (AvgIpc) is 2.94. The number of amides is 1. The van der Waals surface area contributed by atoms with Crippen LogP contribution >= 0.6 is 0 Å². The second-order valence-corrected chi connectivity index (χ2v) is 10.1. The van der Waals surface area contributed by atoms with Crippen molar-refractivity contribution in [1.82, 2.24) is 0 Å². The molecule has 1 amide bonds. The van der Waals surface area contributed by atoms with Crippen LogP contribution in [0.3, 0.4) is 0 Å². The van der Waals surface area contributed by atoms with Crippen LogP contribution in [0.5, 0.6) is 0 Å². The quantitative estimate of drug-likeness (QED) is 0.161. The van der Waals surface area contributed by atoms with Gasteiger partial charge in [0.05, 0.1) is 0 Å². The third-order valence-corrected chi connectivity index (χ3v) is 5.69. The predicted molar refractivity (Wildman–Crippen MR) is 148 cm³/mol. The highest BCUT2D eigenvalue weighted by atomic mass is 16.6. The number of hydrogen-bond acceptors (Lipinski definition) is 9. The van der Waals surface area contributed by atoms with E-state index in [1.807, 2.05) is 0 Å². The van der Waals surface area contributed by atoms with Crippen molar-refractivity contribution in [2.45, 2.75) is 44.1 Å². The van der Waals surface area contributed by atoms with Crippen molar-refractivity contribution < 1.29 is 43.6 Å². The lowest BCUT2D eigenvalue weighted by Crippen LogP contribution is -2.61. The van der Waals surface area contributed by atoms with Crippen LogP contribution in [0.2, 0.25) is 0 Å². The Labute approximate surface area is 236 Å². The molecule has 41 heavy (non-hydrogen) atoms. The van der Waals surface area contributed by atoms with Crippen molar-refractivity contribution in [1.29, 1.82) is 0 Å². The van der Waals surface area contributed by atoms with Crippen molar-refractivity contribution in [2.75, 3.05) is 11.9 Å². The van der Waals surface area contributed by atoms with Gasteiger partial charge >= 0.3 is 24.0 Å². The number of carboxylic acids is 1. The van der Waals surface area contributed by atoms with E-state index >= 15 is 0 Å². The van der Waals surface area contributed by atoms with E-state index < -0.39 is 54.0 Å². The van der Waals surface area contributed by atoms with Gasteiger partial charge in [-0.25, -0.2) is 19.2 Å². The number of ether oxygens (including phenoxy) is 3. The molecule has 0 aliphatic carbocycles. The Morgan fingerprint density at radius 1 is 0.805 bits per heavy atom. The van der Waals surface area contributed by atoms with E-state index in [4.69, 9.17) is 25.1 Å². The minimum atomic E-state index is -2.53. The summed E-state index contributed by atoms with van der Waals surface area (Å²) in [4.78, 5) is 50.2. The third-order valence-electron chi connectivity index (χ3n) is 5.69. The largest absolute Gasteiger partial charge is 0.479 e. The molecule has 0 spiro atoms. The number of aliphatic hydroxyl groups excluding tert-OH is 1. The molecule has 3 aromatic rings. The molecule has 0 fully saturated rings. The summed E-state index contributed by atoms with van der Waals surface area (Å²) in [6.45, 7) is 3.85. The van der Waals surface area contributed by atoms with E-state index in [0.29, 0.717) is 11.1 Å². The van der Waals surface area contributed by atoms with Gasteiger partial charge in [-0.3, -0.25) is 5.32 Å². The Morgan fingerprint density at radius 3 is 1.78 bits per heavy atom. The number of nitrogens with one attached hydrogen (secondary N) is 1. The second kappa shape index (κ2) is 13.1. The fraction of sp³-hybridized carbons (Fsp3) is 0.267. The first kappa shape index (κ1) is 30.8. The minimum Gasteiger partial charge on any atom is -0.479 e. The molecule has 11 heteroatoms. The fourth-order valence-corrected chi connectivity index (χ4v) is 3.59. The van der Waals surface area contributed by atoms with Crippen LogP contribution in [0.4, 0.5) is 10.5 Å². The Kier molecular flexibility index (Phi) is 9.82. The number of anilines is 1. The topological polar surface area (TPSA) is 174 Å². The minimum absolute atomic E-state index is 0.0939. The van der Waals surface area contributed by atoms with Gasteiger partial charge in [0.1, 0.15) is 12.2 Å². The van der Waals surface area contributed by atoms with Gasteiger partial charge in [0.25, 0.3) is 0 Å². The Morgan fingerprint density at radius 2 is 1.32 bits per heavy atom. The monoisotopic (exact) mass is 564 g/mol. The molecule has 0 saturated carbocycles. The number of carbonyl (C=O) groups is 4. The standard InChI is InChI=1S/C30H32N2O9/c1-29(2,3)41-27(37)30(31,18-39-28(38)32-22-16-14-19(15-17-22)23(33)25(34)35)26(36)40-24(20-10-6-4-7-11-20)21-12-8-5-9-13-21/h4-17,23-24,33H,18,31H2,1-3H3,(H,32,38)(H,34,35)/t23-,30-/m1/s1. The van der Waals surface area contributed by atoms with Crippen LogP contribution in [0.25, 0.3) is 0 Å². The normalized spacial score (nSPS) is 13.4. The van der Waals surface area contributed by atoms with E-state index in [2.05, 4.69) is 5.32 Å². The van der Waals surface area contributed by atoms with Gasteiger partial charge in [0, 0.05) is 5.69 Å². The van der Waals surface area contributed by atoms with E-state index in [9.17, 15) is 24.3 Å². The van der Waals surface area contributed by atoms with Crippen LogP contribution in [0, 0.1) is 0 Å². The number of esters is 2. The smallest absolute Gasteiger partial charge is 0.411 e. The van der Waals surface area contributed by atoms with Crippen molar-refractivity contribution in [3.05, 3.63) is 102 Å². The van der Waals surface area contributed by atoms with Gasteiger partial charge in [-0.1, -0.05) is 72.8 Å². The van der Waals surface area contributed by atoms with Gasteiger partial charge in [-0.05, 0) is 49.6 Å². The van der Waals surface area contributed by atoms with E-state index in [-0.39, 0.29) is 11.3 Å². The van der Waals surface area contributed by atoms with Crippen LogP contribution < -0.4 is 11.1 Å². The molecule has 3 aromatic carbocycles. The first-order chi connectivity index (χ1) is 19.3. The van der Waals surface area contributed by atoms with Crippen LogP contribution in [0.15, 0.2) is 84.9 Å². The molecule has 0 saturated heterocycles. The zero-order valence-electron chi connectivity index (χ0n) is 22.8. The summed E-state index contributed by atoms with van der Waals surface area (Å²) in [7, 11) is 0. The zero-order valence-corrected chi connectivity index (χ0v) is 22.8. The SMILES string of the molecule is CC(C)(C)OC(=O)[C@@](N)(COC(=O)Nc1ccc([C@@H](O)C(=O)O)cc1)C(=O)OC(c1ccccc1)c1ccccc1. The molecule has 5 N–H and O–H groups in total. The highest BCUT2D eigenvalue weighted by molar-refractivity contribution is 6.05. The van der Waals surface area contributed by atoms with Gasteiger partial charge in [0.15, 0.2) is 12.2 Å².